The molecule has 0 radical (unpaired) electrons. The zero-order chi connectivity index (χ0) is 14.1. The van der Waals surface area contributed by atoms with Gasteiger partial charge in [0.2, 0.25) is 0 Å². The lowest BCUT2D eigenvalue weighted by Gasteiger charge is -2.20. The van der Waals surface area contributed by atoms with E-state index in [-0.39, 0.29) is 0 Å². The van der Waals surface area contributed by atoms with Crippen LogP contribution in [0.4, 0.5) is 5.69 Å². The van der Waals surface area contributed by atoms with Crippen molar-refractivity contribution in [2.45, 2.75) is 6.92 Å². The quantitative estimate of drug-likeness (QED) is 0.845. The molecular weight excluding hydrogens is 322 g/mol. The van der Waals surface area contributed by atoms with E-state index in [1.54, 1.807) is 12.1 Å². The summed E-state index contributed by atoms with van der Waals surface area (Å²) in [4.78, 5) is 0. The van der Waals surface area contributed by atoms with E-state index in [0.717, 1.165) is 15.8 Å². The molecule has 104 valence electrons. The van der Waals surface area contributed by atoms with Crippen LogP contribution >= 0.6 is 15.9 Å². The number of nitrogen functional groups attached to an aromatic ring is 1. The molecule has 4 nitrogen and oxygen atoms in total. The van der Waals surface area contributed by atoms with Crippen LogP contribution in [-0.2, 0) is 0 Å². The number of hydrogen-bond donors (Lipinski definition) is 1. The van der Waals surface area contributed by atoms with Gasteiger partial charge in [0.25, 0.3) is 0 Å². The second-order valence-corrected chi connectivity index (χ2v) is 5.46. The van der Waals surface area contributed by atoms with Gasteiger partial charge in [0, 0.05) is 16.6 Å². The van der Waals surface area contributed by atoms with Gasteiger partial charge in [-0.15, -0.1) is 0 Å². The van der Waals surface area contributed by atoms with Gasteiger partial charge in [-0.2, -0.15) is 0 Å². The lowest BCUT2D eigenvalue weighted by atomic mass is 10.2. The molecule has 2 aromatic rings. The maximum absolute atomic E-state index is 6.01. The maximum atomic E-state index is 6.01. The average Bonchev–Trinajstić information content (AvgIpc) is 2.43. The van der Waals surface area contributed by atoms with E-state index < -0.39 is 0 Å². The number of fused-ring (bicyclic) bond motifs is 1. The lowest BCUT2D eigenvalue weighted by molar-refractivity contribution is 0.171. The average molecular weight is 336 g/mol. The highest BCUT2D eigenvalue weighted by molar-refractivity contribution is 9.10. The first-order chi connectivity index (χ1) is 9.63. The van der Waals surface area contributed by atoms with Crippen LogP contribution in [0.1, 0.15) is 5.56 Å². The van der Waals surface area contributed by atoms with E-state index in [4.69, 9.17) is 19.9 Å². The molecule has 1 heterocycles. The minimum absolute atomic E-state index is 0.522. The topological polar surface area (TPSA) is 53.7 Å². The van der Waals surface area contributed by atoms with Gasteiger partial charge in [0.05, 0.1) is 5.69 Å². The minimum Gasteiger partial charge on any atom is -0.486 e. The maximum Gasteiger partial charge on any atom is 0.165 e. The first kappa shape index (κ1) is 13.1. The van der Waals surface area contributed by atoms with E-state index >= 15 is 0 Å². The number of nitrogens with two attached hydrogens (primary N) is 1. The van der Waals surface area contributed by atoms with E-state index in [9.17, 15) is 0 Å². The molecule has 0 unspecified atom stereocenters. The normalized spacial score (nSPS) is 13.1. The zero-order valence-corrected chi connectivity index (χ0v) is 12.6. The Hall–Kier alpha value is -1.88. The number of halogens is 1. The Kier molecular flexibility index (Phi) is 3.44. The number of benzene rings is 2. The van der Waals surface area contributed by atoms with Crippen molar-refractivity contribution in [3.8, 4) is 23.0 Å². The van der Waals surface area contributed by atoms with E-state index in [2.05, 4.69) is 15.9 Å². The highest BCUT2D eigenvalue weighted by Gasteiger charge is 2.16. The van der Waals surface area contributed by atoms with E-state index in [1.165, 1.54) is 0 Å². The van der Waals surface area contributed by atoms with Crippen LogP contribution in [0, 0.1) is 6.92 Å². The van der Waals surface area contributed by atoms with Crippen LogP contribution in [0.15, 0.2) is 34.8 Å². The molecule has 0 aliphatic carbocycles. The van der Waals surface area contributed by atoms with Crippen LogP contribution in [-0.4, -0.2) is 13.2 Å². The summed E-state index contributed by atoms with van der Waals surface area (Å²) in [6, 6.07) is 9.36. The van der Waals surface area contributed by atoms with Gasteiger partial charge in [0.1, 0.15) is 19.0 Å². The van der Waals surface area contributed by atoms with Crippen molar-refractivity contribution in [1.82, 2.24) is 0 Å². The van der Waals surface area contributed by atoms with Gasteiger partial charge in [-0.3, -0.25) is 0 Å². The minimum atomic E-state index is 0.522. The summed E-state index contributed by atoms with van der Waals surface area (Å²) in [5.41, 5.74) is 7.56. The standard InChI is InChI=1S/C15H14BrNO3/c1-9-2-3-10(16)6-12(9)20-13-8-15-14(7-11(13)17)18-4-5-19-15/h2-3,6-8H,4-5,17H2,1H3. The summed E-state index contributed by atoms with van der Waals surface area (Å²) < 4.78 is 17.9. The van der Waals surface area contributed by atoms with Crippen molar-refractivity contribution < 1.29 is 14.2 Å². The second kappa shape index (κ2) is 5.25. The van der Waals surface area contributed by atoms with Crippen molar-refractivity contribution >= 4 is 21.6 Å². The summed E-state index contributed by atoms with van der Waals surface area (Å²) in [6.07, 6.45) is 0. The molecule has 3 rings (SSSR count). The SMILES string of the molecule is Cc1ccc(Br)cc1Oc1cc2c(cc1N)OCCO2. The summed E-state index contributed by atoms with van der Waals surface area (Å²) in [6.45, 7) is 3.06. The van der Waals surface area contributed by atoms with Gasteiger partial charge in [-0.25, -0.2) is 0 Å². The third-order valence-electron chi connectivity index (χ3n) is 3.04. The summed E-state index contributed by atoms with van der Waals surface area (Å²) in [5, 5.41) is 0. The van der Waals surface area contributed by atoms with Crippen LogP contribution < -0.4 is 19.9 Å². The molecule has 0 fully saturated rings. The number of anilines is 1. The molecular formula is C15H14BrNO3. The second-order valence-electron chi connectivity index (χ2n) is 4.55. The monoisotopic (exact) mass is 335 g/mol. The van der Waals surface area contributed by atoms with E-state index in [1.807, 2.05) is 25.1 Å². The van der Waals surface area contributed by atoms with Crippen molar-refractivity contribution in [2.75, 3.05) is 18.9 Å². The first-order valence-electron chi connectivity index (χ1n) is 6.26. The molecule has 0 spiro atoms. The Bertz CT molecular complexity index is 658. The summed E-state index contributed by atoms with van der Waals surface area (Å²) in [7, 11) is 0. The number of aryl methyl sites for hydroxylation is 1. The van der Waals surface area contributed by atoms with Crippen molar-refractivity contribution in [3.05, 3.63) is 40.4 Å². The fraction of sp³-hybridized carbons (Fsp3) is 0.200. The van der Waals surface area contributed by atoms with Crippen molar-refractivity contribution in [3.63, 3.8) is 0 Å². The largest absolute Gasteiger partial charge is 0.486 e. The number of ether oxygens (including phenoxy) is 3. The number of rotatable bonds is 2. The molecule has 0 amide bonds. The first-order valence-corrected chi connectivity index (χ1v) is 7.06. The molecule has 1 aliphatic rings. The smallest absolute Gasteiger partial charge is 0.165 e. The van der Waals surface area contributed by atoms with Crippen LogP contribution in [0.3, 0.4) is 0 Å². The molecule has 2 N–H and O–H groups in total. The molecule has 2 aromatic carbocycles. The lowest BCUT2D eigenvalue weighted by Crippen LogP contribution is -2.15. The van der Waals surface area contributed by atoms with Crippen molar-refractivity contribution in [1.29, 1.82) is 0 Å². The molecule has 0 saturated carbocycles. The van der Waals surface area contributed by atoms with Crippen LogP contribution in [0.2, 0.25) is 0 Å². The number of hydrogen-bond acceptors (Lipinski definition) is 4. The third kappa shape index (κ3) is 2.54. The van der Waals surface area contributed by atoms with Gasteiger partial charge in [0.15, 0.2) is 17.2 Å². The van der Waals surface area contributed by atoms with Gasteiger partial charge >= 0.3 is 0 Å². The van der Waals surface area contributed by atoms with Gasteiger partial charge in [-0.05, 0) is 24.6 Å². The van der Waals surface area contributed by atoms with Crippen LogP contribution in [0.5, 0.6) is 23.0 Å². The zero-order valence-electron chi connectivity index (χ0n) is 11.0. The Morgan fingerprint density at radius 2 is 1.75 bits per heavy atom. The Morgan fingerprint density at radius 1 is 1.05 bits per heavy atom. The molecule has 0 aromatic heterocycles. The molecule has 5 heteroatoms. The molecule has 0 bridgehead atoms. The van der Waals surface area contributed by atoms with E-state index in [0.29, 0.717) is 36.1 Å². The molecule has 1 aliphatic heterocycles. The fourth-order valence-electron chi connectivity index (χ4n) is 1.98. The highest BCUT2D eigenvalue weighted by Crippen LogP contribution is 2.40. The third-order valence-corrected chi connectivity index (χ3v) is 3.54. The Balaban J connectivity index is 1.96. The molecule has 0 atom stereocenters. The van der Waals surface area contributed by atoms with Crippen molar-refractivity contribution in [2.24, 2.45) is 0 Å². The van der Waals surface area contributed by atoms with Crippen LogP contribution in [0.25, 0.3) is 0 Å². The predicted octanol–water partition coefficient (Wildman–Crippen LogP) is 3.90. The molecule has 0 saturated heterocycles. The fourth-order valence-corrected chi connectivity index (χ4v) is 2.32. The highest BCUT2D eigenvalue weighted by atomic mass is 79.9. The summed E-state index contributed by atoms with van der Waals surface area (Å²) >= 11 is 3.43. The molecule has 20 heavy (non-hydrogen) atoms. The van der Waals surface area contributed by atoms with Gasteiger partial charge in [-0.1, -0.05) is 22.0 Å². The Labute approximate surface area is 125 Å². The summed E-state index contributed by atoms with van der Waals surface area (Å²) in [5.74, 6) is 2.64. The van der Waals surface area contributed by atoms with Gasteiger partial charge < -0.3 is 19.9 Å². The predicted molar refractivity (Wildman–Crippen MR) is 80.8 cm³/mol. The Morgan fingerprint density at radius 3 is 2.50 bits per heavy atom.